The molecule has 0 aliphatic rings. The molecule has 0 bridgehead atoms. The van der Waals surface area contributed by atoms with Crippen molar-refractivity contribution in [3.63, 3.8) is 0 Å². The van der Waals surface area contributed by atoms with E-state index < -0.39 is 5.91 Å². The highest BCUT2D eigenvalue weighted by Gasteiger charge is 2.12. The first-order valence-corrected chi connectivity index (χ1v) is 5.85. The van der Waals surface area contributed by atoms with Crippen molar-refractivity contribution in [2.45, 2.75) is 6.92 Å². The van der Waals surface area contributed by atoms with E-state index in [1.54, 1.807) is 12.1 Å². The van der Waals surface area contributed by atoms with Gasteiger partial charge in [-0.1, -0.05) is 12.1 Å². The molecule has 0 spiro atoms. The molecule has 0 atom stereocenters. The Balaban J connectivity index is 2.49. The van der Waals surface area contributed by atoms with E-state index in [4.69, 9.17) is 11.5 Å². The highest BCUT2D eigenvalue weighted by atomic mass is 16.1. The Hall–Kier alpha value is -3.07. The van der Waals surface area contributed by atoms with Crippen molar-refractivity contribution in [2.75, 3.05) is 11.1 Å². The zero-order valence-corrected chi connectivity index (χ0v) is 10.8. The number of nitriles is 1. The van der Waals surface area contributed by atoms with Crippen molar-refractivity contribution in [1.82, 2.24) is 4.98 Å². The lowest BCUT2D eigenvalue weighted by Gasteiger charge is -2.12. The smallest absolute Gasteiger partial charge is 0.252 e. The normalized spacial score (nSPS) is 9.80. The van der Waals surface area contributed by atoms with Crippen LogP contribution in [0.2, 0.25) is 0 Å². The van der Waals surface area contributed by atoms with Crippen molar-refractivity contribution in [1.29, 1.82) is 5.26 Å². The molecule has 1 amide bonds. The summed E-state index contributed by atoms with van der Waals surface area (Å²) >= 11 is 0. The summed E-state index contributed by atoms with van der Waals surface area (Å²) in [5, 5.41) is 12.1. The van der Waals surface area contributed by atoms with E-state index in [1.807, 2.05) is 13.0 Å². The van der Waals surface area contributed by atoms with Crippen LogP contribution in [0, 0.1) is 18.3 Å². The van der Waals surface area contributed by atoms with Crippen LogP contribution in [-0.2, 0) is 0 Å². The maximum absolute atomic E-state index is 11.4. The number of aromatic nitrogens is 1. The molecule has 2 rings (SSSR count). The molecule has 6 heteroatoms. The molecule has 0 fully saturated rings. The molecule has 0 aliphatic carbocycles. The molecule has 20 heavy (non-hydrogen) atoms. The van der Waals surface area contributed by atoms with Gasteiger partial charge in [0.1, 0.15) is 11.9 Å². The predicted molar refractivity (Wildman–Crippen MR) is 76.3 cm³/mol. The SMILES string of the molecule is Cc1cccc(Nc2ncc(N)cc2C(N)=O)c1C#N. The first kappa shape index (κ1) is 13.4. The van der Waals surface area contributed by atoms with Gasteiger partial charge in [-0.15, -0.1) is 0 Å². The molecule has 1 aromatic carbocycles. The lowest BCUT2D eigenvalue weighted by molar-refractivity contribution is 0.100. The number of hydrogen-bond acceptors (Lipinski definition) is 5. The van der Waals surface area contributed by atoms with E-state index in [0.29, 0.717) is 16.9 Å². The minimum Gasteiger partial charge on any atom is -0.397 e. The van der Waals surface area contributed by atoms with Gasteiger partial charge >= 0.3 is 0 Å². The summed E-state index contributed by atoms with van der Waals surface area (Å²) in [5.74, 6) is -0.368. The number of benzene rings is 1. The van der Waals surface area contributed by atoms with Crippen LogP contribution in [0.15, 0.2) is 30.5 Å². The molecule has 0 unspecified atom stereocenters. The van der Waals surface area contributed by atoms with Crippen LogP contribution >= 0.6 is 0 Å². The molecule has 1 heterocycles. The van der Waals surface area contributed by atoms with Crippen LogP contribution in [0.25, 0.3) is 0 Å². The molecule has 6 nitrogen and oxygen atoms in total. The summed E-state index contributed by atoms with van der Waals surface area (Å²) in [4.78, 5) is 15.5. The van der Waals surface area contributed by atoms with E-state index in [1.165, 1.54) is 12.3 Å². The molecule has 1 aromatic heterocycles. The number of aryl methyl sites for hydroxylation is 1. The number of rotatable bonds is 3. The van der Waals surface area contributed by atoms with Crippen LogP contribution in [0.5, 0.6) is 0 Å². The zero-order valence-electron chi connectivity index (χ0n) is 10.8. The monoisotopic (exact) mass is 267 g/mol. The number of anilines is 3. The Morgan fingerprint density at radius 1 is 1.45 bits per heavy atom. The number of nitrogen functional groups attached to an aromatic ring is 1. The maximum atomic E-state index is 11.4. The number of nitrogens with zero attached hydrogens (tertiary/aromatic N) is 2. The van der Waals surface area contributed by atoms with Crippen molar-refractivity contribution in [3.05, 3.63) is 47.2 Å². The highest BCUT2D eigenvalue weighted by Crippen LogP contribution is 2.24. The van der Waals surface area contributed by atoms with E-state index in [9.17, 15) is 10.1 Å². The van der Waals surface area contributed by atoms with Crippen LogP contribution in [0.3, 0.4) is 0 Å². The first-order valence-electron chi connectivity index (χ1n) is 5.85. The van der Waals surface area contributed by atoms with Crippen molar-refractivity contribution in [2.24, 2.45) is 5.73 Å². The van der Waals surface area contributed by atoms with Gasteiger partial charge in [0.2, 0.25) is 0 Å². The standard InChI is InChI=1S/C14H13N5O/c1-8-3-2-4-12(11(8)6-15)19-14-10(13(17)20)5-9(16)7-18-14/h2-5,7H,16H2,1H3,(H2,17,20)(H,18,19). The predicted octanol–water partition coefficient (Wildman–Crippen LogP) is 1.69. The number of amides is 1. The minimum absolute atomic E-state index is 0.176. The van der Waals surface area contributed by atoms with Gasteiger partial charge in [-0.25, -0.2) is 4.98 Å². The average molecular weight is 267 g/mol. The van der Waals surface area contributed by atoms with Crippen LogP contribution in [0.4, 0.5) is 17.2 Å². The van der Waals surface area contributed by atoms with Gasteiger partial charge in [-0.3, -0.25) is 4.79 Å². The van der Waals surface area contributed by atoms with Gasteiger partial charge in [0.05, 0.1) is 28.7 Å². The fourth-order valence-corrected chi connectivity index (χ4v) is 1.82. The van der Waals surface area contributed by atoms with E-state index in [-0.39, 0.29) is 11.4 Å². The van der Waals surface area contributed by atoms with E-state index in [2.05, 4.69) is 16.4 Å². The number of nitrogens with one attached hydrogen (secondary N) is 1. The molecular weight excluding hydrogens is 254 g/mol. The van der Waals surface area contributed by atoms with E-state index >= 15 is 0 Å². The van der Waals surface area contributed by atoms with Crippen LogP contribution in [-0.4, -0.2) is 10.9 Å². The summed E-state index contributed by atoms with van der Waals surface area (Å²) < 4.78 is 0. The number of carbonyl (C=O) groups is 1. The summed E-state index contributed by atoms with van der Waals surface area (Å²) in [5.41, 5.74) is 13.3. The number of pyridine rings is 1. The van der Waals surface area contributed by atoms with Gasteiger partial charge in [0.15, 0.2) is 0 Å². The Morgan fingerprint density at radius 2 is 2.20 bits per heavy atom. The van der Waals surface area contributed by atoms with Gasteiger partial charge in [0.25, 0.3) is 5.91 Å². The maximum Gasteiger partial charge on any atom is 0.252 e. The molecule has 5 N–H and O–H groups in total. The van der Waals surface area contributed by atoms with Gasteiger partial charge in [0, 0.05) is 0 Å². The second-order valence-electron chi connectivity index (χ2n) is 4.26. The molecular formula is C14H13N5O. The largest absolute Gasteiger partial charge is 0.397 e. The van der Waals surface area contributed by atoms with Crippen LogP contribution in [0.1, 0.15) is 21.5 Å². The molecule has 100 valence electrons. The Morgan fingerprint density at radius 3 is 2.85 bits per heavy atom. The zero-order chi connectivity index (χ0) is 14.7. The van der Waals surface area contributed by atoms with E-state index in [0.717, 1.165) is 5.56 Å². The molecule has 0 saturated carbocycles. The van der Waals surface area contributed by atoms with Gasteiger partial charge in [-0.05, 0) is 24.6 Å². The summed E-state index contributed by atoms with van der Waals surface area (Å²) in [6.45, 7) is 1.83. The lowest BCUT2D eigenvalue weighted by Crippen LogP contribution is -2.15. The van der Waals surface area contributed by atoms with Gasteiger partial charge < -0.3 is 16.8 Å². The third-order valence-electron chi connectivity index (χ3n) is 2.81. The molecule has 0 radical (unpaired) electrons. The van der Waals surface area contributed by atoms with Gasteiger partial charge in [-0.2, -0.15) is 5.26 Å². The fourth-order valence-electron chi connectivity index (χ4n) is 1.82. The molecule has 2 aromatic rings. The third kappa shape index (κ3) is 2.52. The second-order valence-corrected chi connectivity index (χ2v) is 4.26. The molecule has 0 saturated heterocycles. The average Bonchev–Trinajstić information content (AvgIpc) is 2.41. The number of carbonyl (C=O) groups excluding carboxylic acids is 1. The van der Waals surface area contributed by atoms with Crippen molar-refractivity contribution >= 4 is 23.1 Å². The topological polar surface area (TPSA) is 118 Å². The highest BCUT2D eigenvalue weighted by molar-refractivity contribution is 5.99. The summed E-state index contributed by atoms with van der Waals surface area (Å²) in [7, 11) is 0. The number of nitrogens with two attached hydrogens (primary N) is 2. The number of primary amides is 1. The Kier molecular flexibility index (Phi) is 3.53. The summed E-state index contributed by atoms with van der Waals surface area (Å²) in [6, 6.07) is 8.92. The fraction of sp³-hybridized carbons (Fsp3) is 0.0714. The Bertz CT molecular complexity index is 718. The van der Waals surface area contributed by atoms with Crippen molar-refractivity contribution in [3.8, 4) is 6.07 Å². The van der Waals surface area contributed by atoms with Crippen LogP contribution < -0.4 is 16.8 Å². The second kappa shape index (κ2) is 5.28. The minimum atomic E-state index is -0.640. The number of hydrogen-bond donors (Lipinski definition) is 3. The quantitative estimate of drug-likeness (QED) is 0.782. The van der Waals surface area contributed by atoms with Crippen molar-refractivity contribution < 1.29 is 4.79 Å². The summed E-state index contributed by atoms with van der Waals surface area (Å²) in [6.07, 6.45) is 1.41. The lowest BCUT2D eigenvalue weighted by atomic mass is 10.1. The first-order chi connectivity index (χ1) is 9.52. The third-order valence-corrected chi connectivity index (χ3v) is 2.81. The molecule has 0 aliphatic heterocycles. The Labute approximate surface area is 116 Å².